The van der Waals surface area contributed by atoms with Crippen LogP contribution < -0.4 is 15.5 Å². The van der Waals surface area contributed by atoms with E-state index in [0.29, 0.717) is 56.8 Å². The largest absolute Gasteiger partial charge is 0.478 e. The normalized spacial score (nSPS) is 19.5. The van der Waals surface area contributed by atoms with E-state index < -0.39 is 42.3 Å². The quantitative estimate of drug-likeness (QED) is 0.231. The molecule has 2 aliphatic heterocycles. The first-order chi connectivity index (χ1) is 19.9. The van der Waals surface area contributed by atoms with E-state index in [9.17, 15) is 31.9 Å². The molecule has 1 aromatic carbocycles. The number of rotatable bonds is 9. The van der Waals surface area contributed by atoms with Gasteiger partial charge in [0.2, 0.25) is 0 Å². The molecule has 3 N–H and O–H groups in total. The molecule has 1 unspecified atom stereocenters. The summed E-state index contributed by atoms with van der Waals surface area (Å²) >= 11 is 6.34. The summed E-state index contributed by atoms with van der Waals surface area (Å²) in [5.74, 6) is -0.848. The Bertz CT molecular complexity index is 1300. The predicted molar refractivity (Wildman–Crippen MR) is 153 cm³/mol. The van der Waals surface area contributed by atoms with Gasteiger partial charge in [-0.15, -0.1) is 0 Å². The molecular formula is C28H32ClF5N6O2. The highest BCUT2D eigenvalue weighted by molar-refractivity contribution is 6.31. The van der Waals surface area contributed by atoms with Crippen LogP contribution in [0.4, 0.5) is 33.5 Å². The summed E-state index contributed by atoms with van der Waals surface area (Å²) in [6.07, 6.45) is -4.60. The first-order valence-corrected chi connectivity index (χ1v) is 13.9. The average molecular weight is 615 g/mol. The SMILES string of the molecule is NC=C(C(=O)O)C(=NC1CCCN(c2cc(Cl)ccc2-c2ccc(N3CCN(CCC(F)(F)F)CC3)nc2)C1)C(F)F. The van der Waals surface area contributed by atoms with E-state index in [2.05, 4.69) is 9.98 Å². The van der Waals surface area contributed by atoms with Crippen LogP contribution in [0.5, 0.6) is 0 Å². The zero-order chi connectivity index (χ0) is 30.4. The molecule has 1 aromatic heterocycles. The fourth-order valence-electron chi connectivity index (χ4n) is 5.21. The van der Waals surface area contributed by atoms with Crippen molar-refractivity contribution in [1.29, 1.82) is 0 Å². The Kier molecular flexibility index (Phi) is 10.3. The minimum absolute atomic E-state index is 0.0143. The molecule has 2 aliphatic rings. The Hall–Kier alpha value is -3.45. The highest BCUT2D eigenvalue weighted by atomic mass is 35.5. The molecular weight excluding hydrogens is 583 g/mol. The summed E-state index contributed by atoms with van der Waals surface area (Å²) in [6, 6.07) is 8.57. The number of hydrogen-bond donors (Lipinski definition) is 2. The maximum atomic E-state index is 13.7. The van der Waals surface area contributed by atoms with Gasteiger partial charge < -0.3 is 20.6 Å². The van der Waals surface area contributed by atoms with E-state index in [1.165, 1.54) is 0 Å². The fourth-order valence-corrected chi connectivity index (χ4v) is 5.38. The molecule has 2 aromatic rings. The Balaban J connectivity index is 1.49. The molecule has 2 fully saturated rings. The van der Waals surface area contributed by atoms with Gasteiger partial charge in [-0.3, -0.25) is 9.89 Å². The summed E-state index contributed by atoms with van der Waals surface area (Å²) in [4.78, 5) is 25.9. The zero-order valence-electron chi connectivity index (χ0n) is 22.7. The molecule has 3 heterocycles. The lowest BCUT2D eigenvalue weighted by atomic mass is 10.00. The first kappa shape index (κ1) is 31.5. The van der Waals surface area contributed by atoms with Crippen molar-refractivity contribution >= 4 is 34.8 Å². The molecule has 1 atom stereocenters. The number of nitrogens with two attached hydrogens (primary N) is 1. The van der Waals surface area contributed by atoms with E-state index in [-0.39, 0.29) is 13.1 Å². The van der Waals surface area contributed by atoms with Crippen LogP contribution in [0, 0.1) is 0 Å². The van der Waals surface area contributed by atoms with Crippen LogP contribution in [0.15, 0.2) is 53.3 Å². The number of carboxylic acid groups (broad SMARTS) is 1. The molecule has 0 saturated carbocycles. The Morgan fingerprint density at radius 1 is 1.14 bits per heavy atom. The topological polar surface area (TPSA) is 98.3 Å². The van der Waals surface area contributed by atoms with Gasteiger partial charge in [0.05, 0.1) is 12.5 Å². The van der Waals surface area contributed by atoms with Crippen molar-refractivity contribution in [2.45, 2.75) is 37.9 Å². The molecule has 0 bridgehead atoms. The third kappa shape index (κ3) is 8.09. The molecule has 0 spiro atoms. The smallest absolute Gasteiger partial charge is 0.390 e. The second kappa shape index (κ2) is 13.7. The van der Waals surface area contributed by atoms with E-state index in [1.807, 2.05) is 28.0 Å². The Morgan fingerprint density at radius 2 is 1.88 bits per heavy atom. The van der Waals surface area contributed by atoms with Crippen molar-refractivity contribution in [3.63, 3.8) is 0 Å². The molecule has 4 rings (SSSR count). The number of alkyl halides is 5. The molecule has 0 aliphatic carbocycles. The predicted octanol–water partition coefficient (Wildman–Crippen LogP) is 5.08. The number of hydrogen-bond acceptors (Lipinski definition) is 7. The van der Waals surface area contributed by atoms with Gasteiger partial charge in [0.15, 0.2) is 0 Å². The summed E-state index contributed by atoms with van der Waals surface area (Å²) in [7, 11) is 0. The van der Waals surface area contributed by atoms with Crippen molar-refractivity contribution in [3.05, 3.63) is 53.3 Å². The molecule has 228 valence electrons. The number of benzene rings is 1. The van der Waals surface area contributed by atoms with Crippen molar-refractivity contribution < 1.29 is 31.9 Å². The fraction of sp³-hybridized carbons (Fsp3) is 0.464. The Morgan fingerprint density at radius 3 is 2.48 bits per heavy atom. The summed E-state index contributed by atoms with van der Waals surface area (Å²) in [5, 5.41) is 9.76. The number of carboxylic acids is 1. The molecule has 42 heavy (non-hydrogen) atoms. The number of piperidine rings is 1. The lowest BCUT2D eigenvalue weighted by Crippen LogP contribution is -2.47. The van der Waals surface area contributed by atoms with Crippen LogP contribution in [0.2, 0.25) is 5.02 Å². The lowest BCUT2D eigenvalue weighted by Gasteiger charge is -2.35. The van der Waals surface area contributed by atoms with E-state index in [0.717, 1.165) is 22.6 Å². The van der Waals surface area contributed by atoms with Gasteiger partial charge in [0.25, 0.3) is 6.43 Å². The van der Waals surface area contributed by atoms with Gasteiger partial charge in [0.1, 0.15) is 17.1 Å². The number of pyridine rings is 1. The van der Waals surface area contributed by atoms with E-state index in [1.54, 1.807) is 23.2 Å². The van der Waals surface area contributed by atoms with Gasteiger partial charge >= 0.3 is 12.1 Å². The number of aliphatic imine (C=N–C) groups is 1. The summed E-state index contributed by atoms with van der Waals surface area (Å²) < 4.78 is 65.0. The number of aliphatic carboxylic acids is 1. The van der Waals surface area contributed by atoms with Crippen LogP contribution in [0.1, 0.15) is 19.3 Å². The minimum Gasteiger partial charge on any atom is -0.478 e. The van der Waals surface area contributed by atoms with Crippen LogP contribution in [0.25, 0.3) is 11.1 Å². The zero-order valence-corrected chi connectivity index (χ0v) is 23.5. The van der Waals surface area contributed by atoms with Crippen LogP contribution in [-0.4, -0.2) is 91.1 Å². The third-order valence-electron chi connectivity index (χ3n) is 7.37. The summed E-state index contributed by atoms with van der Waals surface area (Å²) in [6.45, 7) is 3.03. The van der Waals surface area contributed by atoms with Crippen molar-refractivity contribution in [1.82, 2.24) is 9.88 Å². The summed E-state index contributed by atoms with van der Waals surface area (Å²) in [5.41, 5.74) is 6.12. The average Bonchev–Trinajstić information content (AvgIpc) is 2.96. The third-order valence-corrected chi connectivity index (χ3v) is 7.60. The minimum atomic E-state index is -4.17. The van der Waals surface area contributed by atoms with Gasteiger partial charge in [-0.25, -0.2) is 18.6 Å². The second-order valence-corrected chi connectivity index (χ2v) is 10.6. The van der Waals surface area contributed by atoms with Crippen molar-refractivity contribution in [3.8, 4) is 11.1 Å². The van der Waals surface area contributed by atoms with Crippen molar-refractivity contribution in [2.75, 3.05) is 55.6 Å². The number of piperazine rings is 1. The van der Waals surface area contributed by atoms with Gasteiger partial charge in [-0.05, 0) is 37.1 Å². The highest BCUT2D eigenvalue weighted by Crippen LogP contribution is 2.36. The first-order valence-electron chi connectivity index (χ1n) is 13.5. The standard InChI is InChI=1S/C28H32ClF5N6O2/c29-19-4-5-21(18-3-6-24(36-16-18)39-12-10-38(11-13-39)9-7-28(32,33)34)23(14-19)40-8-1-2-20(17-40)37-25(26(30)31)22(15-35)27(41)42/h3-6,14-16,20,26H,1-2,7-13,17,35H2,(H,41,42). The molecule has 0 radical (unpaired) electrons. The lowest BCUT2D eigenvalue weighted by molar-refractivity contribution is -0.138. The van der Waals surface area contributed by atoms with Crippen LogP contribution in [0.3, 0.4) is 0 Å². The van der Waals surface area contributed by atoms with Gasteiger partial charge in [-0.2, -0.15) is 13.2 Å². The number of halogens is 6. The number of aromatic nitrogens is 1. The van der Waals surface area contributed by atoms with Gasteiger partial charge in [-0.1, -0.05) is 17.7 Å². The van der Waals surface area contributed by atoms with Crippen molar-refractivity contribution in [2.24, 2.45) is 10.7 Å². The molecule has 8 nitrogen and oxygen atoms in total. The number of anilines is 2. The van der Waals surface area contributed by atoms with E-state index in [4.69, 9.17) is 17.3 Å². The second-order valence-electron chi connectivity index (χ2n) is 10.2. The van der Waals surface area contributed by atoms with Crippen LogP contribution >= 0.6 is 11.6 Å². The highest BCUT2D eigenvalue weighted by Gasteiger charge is 2.30. The molecule has 2 saturated heterocycles. The van der Waals surface area contributed by atoms with Crippen LogP contribution in [-0.2, 0) is 4.79 Å². The molecule has 0 amide bonds. The molecule has 14 heteroatoms. The Labute approximate surface area is 245 Å². The number of nitrogens with zero attached hydrogens (tertiary/aromatic N) is 5. The number of carbonyl (C=O) groups is 1. The monoisotopic (exact) mass is 614 g/mol. The maximum absolute atomic E-state index is 13.7. The van der Waals surface area contributed by atoms with Gasteiger partial charge in [0, 0.05) is 80.0 Å². The maximum Gasteiger partial charge on any atom is 0.390 e. The van der Waals surface area contributed by atoms with E-state index >= 15 is 0 Å².